The normalized spacial score (nSPS) is 20.1. The highest BCUT2D eigenvalue weighted by Gasteiger charge is 2.25. The summed E-state index contributed by atoms with van der Waals surface area (Å²) in [6.07, 6.45) is 1.32. The van der Waals surface area contributed by atoms with Crippen molar-refractivity contribution in [3.05, 3.63) is 35.6 Å². The van der Waals surface area contributed by atoms with Gasteiger partial charge in [-0.3, -0.25) is 9.89 Å². The lowest BCUT2D eigenvalue weighted by Crippen LogP contribution is -2.48. The van der Waals surface area contributed by atoms with E-state index in [-0.39, 0.29) is 24.0 Å². The zero-order valence-electron chi connectivity index (χ0n) is 17.6. The van der Waals surface area contributed by atoms with Crippen LogP contribution in [0.5, 0.6) is 0 Å². The molecule has 3 N–H and O–H groups in total. The summed E-state index contributed by atoms with van der Waals surface area (Å²) >= 11 is 0. The molecule has 0 radical (unpaired) electrons. The Balaban J connectivity index is 1.56. The van der Waals surface area contributed by atoms with Crippen LogP contribution in [0.4, 0.5) is 9.18 Å². The van der Waals surface area contributed by atoms with E-state index in [4.69, 9.17) is 15.2 Å². The highest BCUT2D eigenvalue weighted by molar-refractivity contribution is 5.78. The number of aliphatic imine (C=N–C) groups is 1. The van der Waals surface area contributed by atoms with E-state index >= 15 is 0 Å². The smallest absolute Gasteiger partial charge is 0.409 e. The quantitative estimate of drug-likeness (QED) is 0.537. The average molecular weight is 422 g/mol. The summed E-state index contributed by atoms with van der Waals surface area (Å²) in [7, 11) is 0. The van der Waals surface area contributed by atoms with Crippen LogP contribution in [-0.2, 0) is 9.47 Å². The number of morpholine rings is 1. The lowest BCUT2D eigenvalue weighted by Gasteiger charge is -2.34. The number of benzene rings is 1. The Bertz CT molecular complexity index is 701. The van der Waals surface area contributed by atoms with Gasteiger partial charge in [-0.15, -0.1) is 0 Å². The number of hydrogen-bond acceptors (Lipinski definition) is 5. The summed E-state index contributed by atoms with van der Waals surface area (Å²) in [5.74, 6) is 0.142. The number of piperidine rings is 1. The summed E-state index contributed by atoms with van der Waals surface area (Å²) in [6, 6.07) is 6.75. The van der Waals surface area contributed by atoms with Crippen LogP contribution in [0.3, 0.4) is 0 Å². The lowest BCUT2D eigenvalue weighted by atomic mass is 10.0. The second kappa shape index (κ2) is 11.1. The molecule has 1 amide bonds. The zero-order valence-corrected chi connectivity index (χ0v) is 17.6. The van der Waals surface area contributed by atoms with Crippen LogP contribution in [-0.4, -0.2) is 80.4 Å². The minimum absolute atomic E-state index is 0.0144. The number of hydrogen-bond donors (Lipinski definition) is 2. The number of nitrogens with two attached hydrogens (primary N) is 1. The maximum absolute atomic E-state index is 13.4. The molecule has 0 spiro atoms. The monoisotopic (exact) mass is 421 g/mol. The molecule has 8 nitrogen and oxygen atoms in total. The van der Waals surface area contributed by atoms with Crippen LogP contribution >= 0.6 is 0 Å². The number of carbonyl (C=O) groups is 1. The number of carbonyl (C=O) groups excluding carboxylic acids is 1. The molecule has 3 rings (SSSR count). The average Bonchev–Trinajstić information content (AvgIpc) is 2.76. The van der Waals surface area contributed by atoms with Gasteiger partial charge in [0.1, 0.15) is 5.82 Å². The van der Waals surface area contributed by atoms with Crippen molar-refractivity contribution in [1.29, 1.82) is 0 Å². The molecular formula is C21H32FN5O3. The Hall–Kier alpha value is -2.39. The molecule has 2 fully saturated rings. The third-order valence-electron chi connectivity index (χ3n) is 5.55. The standard InChI is InChI=1S/C21H32FN5O3/c1-2-30-21(28)27-9-7-18(8-10-27)25-20(23)24-15-19(26-11-13-29-14-12-26)16-3-5-17(22)6-4-16/h3-6,18-19H,2,7-15H2,1H3,(H3,23,24,25). The molecule has 0 saturated carbocycles. The van der Waals surface area contributed by atoms with E-state index < -0.39 is 0 Å². The SMILES string of the molecule is CCOC(=O)N1CCC(NC(N)=NCC(c2ccc(F)cc2)N2CCOCC2)CC1. The summed E-state index contributed by atoms with van der Waals surface area (Å²) in [4.78, 5) is 20.4. The molecule has 1 aromatic carbocycles. The van der Waals surface area contributed by atoms with Crippen LogP contribution in [0.25, 0.3) is 0 Å². The molecule has 0 aromatic heterocycles. The maximum Gasteiger partial charge on any atom is 0.409 e. The van der Waals surface area contributed by atoms with Gasteiger partial charge in [0.15, 0.2) is 5.96 Å². The van der Waals surface area contributed by atoms with E-state index in [1.165, 1.54) is 12.1 Å². The fourth-order valence-electron chi connectivity index (χ4n) is 3.87. The van der Waals surface area contributed by atoms with Crippen molar-refractivity contribution in [3.63, 3.8) is 0 Å². The number of guanidine groups is 1. The maximum atomic E-state index is 13.4. The van der Waals surface area contributed by atoms with E-state index in [1.807, 2.05) is 0 Å². The van der Waals surface area contributed by atoms with Crippen molar-refractivity contribution in [2.45, 2.75) is 31.8 Å². The first-order chi connectivity index (χ1) is 14.6. The summed E-state index contributed by atoms with van der Waals surface area (Å²) in [5, 5.41) is 3.27. The van der Waals surface area contributed by atoms with Gasteiger partial charge in [0.25, 0.3) is 0 Å². The highest BCUT2D eigenvalue weighted by atomic mass is 19.1. The molecule has 2 saturated heterocycles. The molecular weight excluding hydrogens is 389 g/mol. The molecule has 1 aromatic rings. The fourth-order valence-corrected chi connectivity index (χ4v) is 3.87. The minimum Gasteiger partial charge on any atom is -0.450 e. The Kier molecular flexibility index (Phi) is 8.27. The molecule has 0 aliphatic carbocycles. The Morgan fingerprint density at radius 1 is 1.27 bits per heavy atom. The van der Waals surface area contributed by atoms with Crippen molar-refractivity contribution in [2.24, 2.45) is 10.7 Å². The van der Waals surface area contributed by atoms with Gasteiger partial charge in [-0.1, -0.05) is 12.1 Å². The molecule has 30 heavy (non-hydrogen) atoms. The molecule has 1 unspecified atom stereocenters. The Labute approximate surface area is 177 Å². The second-order valence-corrected chi connectivity index (χ2v) is 7.55. The van der Waals surface area contributed by atoms with Gasteiger partial charge in [-0.2, -0.15) is 0 Å². The summed E-state index contributed by atoms with van der Waals surface area (Å²) in [5.41, 5.74) is 7.17. The minimum atomic E-state index is -0.259. The number of nitrogens with zero attached hydrogens (tertiary/aromatic N) is 3. The number of ether oxygens (including phenoxy) is 2. The first kappa shape index (κ1) is 22.3. The van der Waals surface area contributed by atoms with Crippen LogP contribution in [0, 0.1) is 5.82 Å². The van der Waals surface area contributed by atoms with Gasteiger partial charge in [-0.05, 0) is 37.5 Å². The fraction of sp³-hybridized carbons (Fsp3) is 0.619. The van der Waals surface area contributed by atoms with Gasteiger partial charge in [0.05, 0.1) is 32.4 Å². The lowest BCUT2D eigenvalue weighted by molar-refractivity contribution is 0.0179. The second-order valence-electron chi connectivity index (χ2n) is 7.55. The number of nitrogens with one attached hydrogen (secondary N) is 1. The summed E-state index contributed by atoms with van der Waals surface area (Å²) in [6.45, 7) is 6.89. The van der Waals surface area contributed by atoms with Crippen LogP contribution in [0.2, 0.25) is 0 Å². The Morgan fingerprint density at radius 2 is 1.93 bits per heavy atom. The predicted molar refractivity (Wildman–Crippen MR) is 113 cm³/mol. The first-order valence-corrected chi connectivity index (χ1v) is 10.6. The first-order valence-electron chi connectivity index (χ1n) is 10.6. The van der Waals surface area contributed by atoms with Crippen LogP contribution in [0.15, 0.2) is 29.3 Å². The van der Waals surface area contributed by atoms with Gasteiger partial charge in [0, 0.05) is 32.2 Å². The molecule has 166 valence electrons. The molecule has 9 heteroatoms. The van der Waals surface area contributed by atoms with Crippen molar-refractivity contribution < 1.29 is 18.7 Å². The van der Waals surface area contributed by atoms with E-state index in [0.717, 1.165) is 31.5 Å². The van der Waals surface area contributed by atoms with Gasteiger partial charge in [0.2, 0.25) is 0 Å². The van der Waals surface area contributed by atoms with Crippen molar-refractivity contribution >= 4 is 12.1 Å². The van der Waals surface area contributed by atoms with Crippen LogP contribution in [0.1, 0.15) is 31.4 Å². The zero-order chi connectivity index (χ0) is 21.3. The molecule has 0 bridgehead atoms. The topological polar surface area (TPSA) is 92.4 Å². The van der Waals surface area contributed by atoms with Crippen LogP contribution < -0.4 is 11.1 Å². The predicted octanol–water partition coefficient (Wildman–Crippen LogP) is 1.72. The molecule has 2 heterocycles. The largest absolute Gasteiger partial charge is 0.450 e. The van der Waals surface area contributed by atoms with Gasteiger partial charge in [-0.25, -0.2) is 9.18 Å². The van der Waals surface area contributed by atoms with Gasteiger partial charge < -0.3 is 25.4 Å². The number of likely N-dealkylation sites (tertiary alicyclic amines) is 1. The van der Waals surface area contributed by atoms with Crippen molar-refractivity contribution in [3.8, 4) is 0 Å². The third-order valence-corrected chi connectivity index (χ3v) is 5.55. The Morgan fingerprint density at radius 3 is 2.57 bits per heavy atom. The molecule has 1 atom stereocenters. The van der Waals surface area contributed by atoms with Crippen molar-refractivity contribution in [2.75, 3.05) is 52.5 Å². The third kappa shape index (κ3) is 6.30. The van der Waals surface area contributed by atoms with E-state index in [0.29, 0.717) is 45.4 Å². The van der Waals surface area contributed by atoms with E-state index in [2.05, 4.69) is 15.2 Å². The van der Waals surface area contributed by atoms with Gasteiger partial charge >= 0.3 is 6.09 Å². The summed E-state index contributed by atoms with van der Waals surface area (Å²) < 4.78 is 23.9. The highest BCUT2D eigenvalue weighted by Crippen LogP contribution is 2.23. The van der Waals surface area contributed by atoms with E-state index in [9.17, 15) is 9.18 Å². The number of rotatable bonds is 6. The van der Waals surface area contributed by atoms with Crippen molar-refractivity contribution in [1.82, 2.24) is 15.1 Å². The molecule has 2 aliphatic heterocycles. The number of amides is 1. The van der Waals surface area contributed by atoms with E-state index in [1.54, 1.807) is 24.0 Å². The molecule has 2 aliphatic rings. The number of halogens is 1.